The van der Waals surface area contributed by atoms with Crippen molar-refractivity contribution >= 4 is 0 Å². The summed E-state index contributed by atoms with van der Waals surface area (Å²) in [5, 5.41) is 0. The van der Waals surface area contributed by atoms with E-state index < -0.39 is 0 Å². The van der Waals surface area contributed by atoms with Gasteiger partial charge in [-0.3, -0.25) is 0 Å². The molecule has 0 N–H and O–H groups in total. The molecule has 2 aliphatic rings. The van der Waals surface area contributed by atoms with Gasteiger partial charge in [-0.1, -0.05) is 0 Å². The van der Waals surface area contributed by atoms with Crippen molar-refractivity contribution in [2.45, 2.75) is 12.8 Å². The van der Waals surface area contributed by atoms with Crippen molar-refractivity contribution in [3.63, 3.8) is 0 Å². The summed E-state index contributed by atoms with van der Waals surface area (Å²) in [7, 11) is 0. The van der Waals surface area contributed by atoms with Crippen LogP contribution in [0.1, 0.15) is 12.8 Å². The second-order valence-electron chi connectivity index (χ2n) is 2.24. The molecule has 0 aromatic carbocycles. The molecule has 46 valence electrons. The van der Waals surface area contributed by atoms with E-state index in [1.807, 2.05) is 0 Å². The van der Waals surface area contributed by atoms with Crippen LogP contribution < -0.4 is 0 Å². The molecule has 2 aliphatic carbocycles. The summed E-state index contributed by atoms with van der Waals surface area (Å²) in [5.74, 6) is 0. The molecule has 0 aromatic rings. The van der Waals surface area contributed by atoms with E-state index in [4.69, 9.17) is 0 Å². The van der Waals surface area contributed by atoms with Gasteiger partial charge < -0.3 is 0 Å². The maximum absolute atomic E-state index is 2.36. The maximum atomic E-state index is 2.36. The van der Waals surface area contributed by atoms with Gasteiger partial charge in [-0.25, -0.2) is 0 Å². The fraction of sp³-hybridized carbons (Fsp3) is 0.250. The summed E-state index contributed by atoms with van der Waals surface area (Å²) in [6, 6.07) is 0. The first kappa shape index (κ1) is 5.67. The van der Waals surface area contributed by atoms with Gasteiger partial charge in [0.15, 0.2) is 0 Å². The second kappa shape index (κ2) is 2.27. The Hall–Kier alpha value is -0.0917. The normalized spacial score (nSPS) is 21.8. The predicted molar refractivity (Wildman–Crippen MR) is 34.5 cm³/mol. The number of rotatable bonds is 2. The van der Waals surface area contributed by atoms with Crippen LogP contribution in [0.5, 0.6) is 0 Å². The first-order valence-corrected chi connectivity index (χ1v) is 5.18. The van der Waals surface area contributed by atoms with E-state index in [9.17, 15) is 0 Å². The zero-order valence-corrected chi connectivity index (χ0v) is 7.14. The van der Waals surface area contributed by atoms with E-state index in [1.54, 1.807) is 7.93 Å². The van der Waals surface area contributed by atoms with E-state index in [-0.39, 0.29) is 18.6 Å². The minimum absolute atomic E-state index is 0.167. The van der Waals surface area contributed by atoms with Crippen LogP contribution >= 0.6 is 0 Å². The van der Waals surface area contributed by atoms with Crippen molar-refractivity contribution in [1.82, 2.24) is 0 Å². The Labute approximate surface area is 63.9 Å². The van der Waals surface area contributed by atoms with Crippen molar-refractivity contribution in [2.24, 2.45) is 0 Å². The summed E-state index contributed by atoms with van der Waals surface area (Å²) >= 11 is 0.167. The molecule has 0 amide bonds. The quantitative estimate of drug-likeness (QED) is 0.599. The minimum atomic E-state index is 0.167. The van der Waals surface area contributed by atoms with Gasteiger partial charge in [0.05, 0.1) is 0 Å². The fourth-order valence-electron chi connectivity index (χ4n) is 0.797. The van der Waals surface area contributed by atoms with Crippen molar-refractivity contribution in [1.29, 1.82) is 0 Å². The van der Waals surface area contributed by atoms with Crippen LogP contribution in [0.25, 0.3) is 0 Å². The van der Waals surface area contributed by atoms with Gasteiger partial charge >= 0.3 is 63.6 Å². The van der Waals surface area contributed by atoms with Crippen molar-refractivity contribution in [2.75, 3.05) is 0 Å². The molecule has 0 aliphatic heterocycles. The molecule has 1 heteroatoms. The van der Waals surface area contributed by atoms with E-state index in [2.05, 4.69) is 24.3 Å². The molecule has 0 nitrogen and oxygen atoms in total. The summed E-state index contributed by atoms with van der Waals surface area (Å²) in [6.45, 7) is 0. The average molecular weight is 200 g/mol. The fourth-order valence-corrected chi connectivity index (χ4v) is 3.04. The number of hydrogen-bond acceptors (Lipinski definition) is 0. The molecular weight excluding hydrogens is 192 g/mol. The third kappa shape index (κ3) is 1.43. The van der Waals surface area contributed by atoms with E-state index >= 15 is 0 Å². The number of hydrogen-bond donors (Lipinski definition) is 0. The zero-order chi connectivity index (χ0) is 6.10. The molecule has 9 heavy (non-hydrogen) atoms. The van der Waals surface area contributed by atoms with Gasteiger partial charge in [0.1, 0.15) is 0 Å². The van der Waals surface area contributed by atoms with Gasteiger partial charge in [0.25, 0.3) is 0 Å². The Kier molecular flexibility index (Phi) is 1.43. The summed E-state index contributed by atoms with van der Waals surface area (Å²) in [5.41, 5.74) is 0. The molecule has 0 radical (unpaired) electrons. The molecule has 0 fully saturated rings. The second-order valence-corrected chi connectivity index (χ2v) is 5.32. The third-order valence-electron chi connectivity index (χ3n) is 1.37. The van der Waals surface area contributed by atoms with Crippen LogP contribution in [0.2, 0.25) is 0 Å². The molecular formula is C8H8Mo. The molecule has 0 heterocycles. The Morgan fingerprint density at radius 3 is 2.67 bits per heavy atom. The van der Waals surface area contributed by atoms with Crippen molar-refractivity contribution < 1.29 is 18.6 Å². The van der Waals surface area contributed by atoms with Crippen LogP contribution in [0.3, 0.4) is 0 Å². The molecule has 0 saturated carbocycles. The standard InChI is InChI=1S/C5H5.C3H3.Mo/c1-2-4-5-3-1;1-2-3-1;/h1-3H,4H2;1H,2H2;. The van der Waals surface area contributed by atoms with Gasteiger partial charge in [0.2, 0.25) is 0 Å². The van der Waals surface area contributed by atoms with E-state index in [0.717, 1.165) is 0 Å². The predicted octanol–water partition coefficient (Wildman–Crippen LogP) is 2.20. The molecule has 0 bridgehead atoms. The molecule has 2 rings (SSSR count). The van der Waals surface area contributed by atoms with Crippen LogP contribution in [0, 0.1) is 0 Å². The van der Waals surface area contributed by atoms with Crippen molar-refractivity contribution in [3.05, 3.63) is 32.2 Å². The average Bonchev–Trinajstić information content (AvgIpc) is 2.46. The number of allylic oxidation sites excluding steroid dienone is 6. The first-order valence-electron chi connectivity index (χ1n) is 3.18. The topological polar surface area (TPSA) is 0 Å². The summed E-state index contributed by atoms with van der Waals surface area (Å²) in [4.78, 5) is 0. The Bertz CT molecular complexity index is 209. The molecule has 0 atom stereocenters. The van der Waals surface area contributed by atoms with Gasteiger partial charge in [0, 0.05) is 0 Å². The first-order chi connectivity index (χ1) is 4.45. The Morgan fingerprint density at radius 2 is 2.11 bits per heavy atom. The zero-order valence-electron chi connectivity index (χ0n) is 5.13. The van der Waals surface area contributed by atoms with Crippen molar-refractivity contribution in [3.8, 4) is 0 Å². The van der Waals surface area contributed by atoms with Gasteiger partial charge in [-0.15, -0.1) is 0 Å². The molecule has 0 spiro atoms. The molecule has 0 unspecified atom stereocenters. The van der Waals surface area contributed by atoms with Gasteiger partial charge in [-0.05, 0) is 0 Å². The van der Waals surface area contributed by atoms with Gasteiger partial charge in [-0.2, -0.15) is 0 Å². The van der Waals surface area contributed by atoms with E-state index in [1.165, 1.54) is 12.8 Å². The molecule has 0 aromatic heterocycles. The molecule has 0 saturated heterocycles. The van der Waals surface area contributed by atoms with Crippen LogP contribution in [-0.4, -0.2) is 0 Å². The third-order valence-corrected chi connectivity index (χ3v) is 4.22. The van der Waals surface area contributed by atoms with Crippen LogP contribution in [0.15, 0.2) is 32.2 Å². The SMILES string of the molecule is C1=CC[C]([Mo][C]2=CC2)=C1. The monoisotopic (exact) mass is 202 g/mol. The van der Waals surface area contributed by atoms with Crippen LogP contribution in [0.4, 0.5) is 0 Å². The van der Waals surface area contributed by atoms with Crippen LogP contribution in [-0.2, 0) is 18.6 Å². The Balaban J connectivity index is 1.92. The summed E-state index contributed by atoms with van der Waals surface area (Å²) in [6.07, 6.45) is 11.7. The van der Waals surface area contributed by atoms with E-state index in [0.29, 0.717) is 0 Å². The summed E-state index contributed by atoms with van der Waals surface area (Å²) < 4.78 is 3.47. The Morgan fingerprint density at radius 1 is 1.22 bits per heavy atom.